The van der Waals surface area contributed by atoms with Gasteiger partial charge in [-0.2, -0.15) is 0 Å². The minimum atomic E-state index is -1.16. The number of benzene rings is 1. The first-order valence-electron chi connectivity index (χ1n) is 6.63. The third-order valence-corrected chi connectivity index (χ3v) is 3.22. The molecular weight excluding hydrogens is 338 g/mol. The fraction of sp³-hybridized carbons (Fsp3) is 0.400. The van der Waals surface area contributed by atoms with Crippen LogP contribution in [0.15, 0.2) is 27.7 Å². The third-order valence-electron chi connectivity index (χ3n) is 2.55. The first kappa shape index (κ1) is 17.4. The van der Waals surface area contributed by atoms with E-state index in [2.05, 4.69) is 20.9 Å². The SMILES string of the molecule is CCOC(=O)C(C=Nc1cc(C)ccc1Br)C(=O)OCC. The second kappa shape index (κ2) is 8.56. The van der Waals surface area contributed by atoms with E-state index in [9.17, 15) is 9.59 Å². The fourth-order valence-electron chi connectivity index (χ4n) is 1.56. The molecule has 0 N–H and O–H groups in total. The van der Waals surface area contributed by atoms with Crippen LogP contribution in [-0.4, -0.2) is 31.4 Å². The van der Waals surface area contributed by atoms with Crippen molar-refractivity contribution in [3.8, 4) is 0 Å². The summed E-state index contributed by atoms with van der Waals surface area (Å²) in [5.41, 5.74) is 1.66. The summed E-state index contributed by atoms with van der Waals surface area (Å²) >= 11 is 3.37. The molecule has 0 heterocycles. The summed E-state index contributed by atoms with van der Waals surface area (Å²) in [6.45, 7) is 5.66. The lowest BCUT2D eigenvalue weighted by molar-refractivity contribution is -0.157. The first-order chi connectivity index (χ1) is 9.99. The number of halogens is 1. The van der Waals surface area contributed by atoms with E-state index in [1.54, 1.807) is 13.8 Å². The fourth-order valence-corrected chi connectivity index (χ4v) is 1.91. The molecule has 1 rings (SSSR count). The van der Waals surface area contributed by atoms with Crippen molar-refractivity contribution >= 4 is 39.8 Å². The summed E-state index contributed by atoms with van der Waals surface area (Å²) in [5.74, 6) is -2.48. The van der Waals surface area contributed by atoms with E-state index in [1.807, 2.05) is 25.1 Å². The van der Waals surface area contributed by atoms with Crippen molar-refractivity contribution in [1.29, 1.82) is 0 Å². The zero-order chi connectivity index (χ0) is 15.8. The molecule has 0 fully saturated rings. The average Bonchev–Trinajstić information content (AvgIpc) is 2.43. The van der Waals surface area contributed by atoms with Gasteiger partial charge < -0.3 is 9.47 Å². The Bertz CT molecular complexity index is 524. The molecule has 0 saturated heterocycles. The van der Waals surface area contributed by atoms with Gasteiger partial charge in [0.15, 0.2) is 5.92 Å². The summed E-state index contributed by atoms with van der Waals surface area (Å²) in [6.07, 6.45) is 1.26. The quantitative estimate of drug-likeness (QED) is 0.446. The van der Waals surface area contributed by atoms with Crippen molar-refractivity contribution in [3.63, 3.8) is 0 Å². The second-order valence-corrected chi connectivity index (χ2v) is 5.07. The summed E-state index contributed by atoms with van der Waals surface area (Å²) < 4.78 is 10.5. The molecule has 0 saturated carbocycles. The summed E-state index contributed by atoms with van der Waals surface area (Å²) in [4.78, 5) is 27.8. The number of esters is 2. The Hall–Kier alpha value is -1.69. The van der Waals surface area contributed by atoms with Gasteiger partial charge in [0.1, 0.15) is 0 Å². The van der Waals surface area contributed by atoms with Crippen LogP contribution in [0.4, 0.5) is 5.69 Å². The van der Waals surface area contributed by atoms with E-state index in [-0.39, 0.29) is 13.2 Å². The number of nitrogens with zero attached hydrogens (tertiary/aromatic N) is 1. The van der Waals surface area contributed by atoms with E-state index in [4.69, 9.17) is 9.47 Å². The van der Waals surface area contributed by atoms with Crippen LogP contribution >= 0.6 is 15.9 Å². The Balaban J connectivity index is 2.99. The van der Waals surface area contributed by atoms with Crippen LogP contribution in [0.5, 0.6) is 0 Å². The molecule has 0 aliphatic heterocycles. The number of hydrogen-bond donors (Lipinski definition) is 0. The summed E-state index contributed by atoms with van der Waals surface area (Å²) in [7, 11) is 0. The Morgan fingerprint density at radius 3 is 2.33 bits per heavy atom. The van der Waals surface area contributed by atoms with Gasteiger partial charge in [0.05, 0.1) is 18.9 Å². The maximum atomic E-state index is 11.8. The molecule has 0 aliphatic rings. The lowest BCUT2D eigenvalue weighted by atomic mass is 10.1. The topological polar surface area (TPSA) is 65.0 Å². The molecular formula is C15H18BrNO4. The molecule has 0 amide bonds. The molecule has 0 spiro atoms. The van der Waals surface area contributed by atoms with Crippen LogP contribution in [0.25, 0.3) is 0 Å². The van der Waals surface area contributed by atoms with Gasteiger partial charge in [-0.1, -0.05) is 6.07 Å². The minimum absolute atomic E-state index is 0.191. The first-order valence-corrected chi connectivity index (χ1v) is 7.42. The number of aliphatic imine (C=N–C) groups is 1. The Morgan fingerprint density at radius 1 is 1.24 bits per heavy atom. The Kier molecular flexibility index (Phi) is 7.08. The van der Waals surface area contributed by atoms with Crippen LogP contribution < -0.4 is 0 Å². The van der Waals surface area contributed by atoms with E-state index >= 15 is 0 Å². The van der Waals surface area contributed by atoms with Crippen LogP contribution in [-0.2, 0) is 19.1 Å². The van der Waals surface area contributed by atoms with E-state index in [1.165, 1.54) is 6.21 Å². The highest BCUT2D eigenvalue weighted by molar-refractivity contribution is 9.10. The number of rotatable bonds is 6. The molecule has 6 heteroatoms. The molecule has 0 radical (unpaired) electrons. The summed E-state index contributed by atoms with van der Waals surface area (Å²) in [5, 5.41) is 0. The van der Waals surface area contributed by atoms with E-state index in [0.29, 0.717) is 5.69 Å². The van der Waals surface area contributed by atoms with Crippen molar-refractivity contribution in [2.45, 2.75) is 20.8 Å². The molecule has 0 bridgehead atoms. The van der Waals surface area contributed by atoms with Gasteiger partial charge >= 0.3 is 11.9 Å². The maximum Gasteiger partial charge on any atom is 0.325 e. The van der Waals surface area contributed by atoms with Gasteiger partial charge in [0.2, 0.25) is 0 Å². The predicted octanol–water partition coefficient (Wildman–Crippen LogP) is 3.20. The van der Waals surface area contributed by atoms with E-state index in [0.717, 1.165) is 10.0 Å². The van der Waals surface area contributed by atoms with Crippen LogP contribution in [0.2, 0.25) is 0 Å². The van der Waals surface area contributed by atoms with Gasteiger partial charge in [0.25, 0.3) is 0 Å². The molecule has 114 valence electrons. The Morgan fingerprint density at radius 2 is 1.81 bits per heavy atom. The number of carbonyl (C=O) groups is 2. The van der Waals surface area contributed by atoms with E-state index < -0.39 is 17.9 Å². The highest BCUT2D eigenvalue weighted by Crippen LogP contribution is 2.26. The zero-order valence-electron chi connectivity index (χ0n) is 12.3. The molecule has 0 aliphatic carbocycles. The highest BCUT2D eigenvalue weighted by Gasteiger charge is 2.27. The van der Waals surface area contributed by atoms with Crippen molar-refractivity contribution in [3.05, 3.63) is 28.2 Å². The molecule has 1 aromatic rings. The van der Waals surface area contributed by atoms with Crippen LogP contribution in [0.1, 0.15) is 19.4 Å². The highest BCUT2D eigenvalue weighted by atomic mass is 79.9. The summed E-state index contributed by atoms with van der Waals surface area (Å²) in [6, 6.07) is 5.62. The molecule has 0 aromatic heterocycles. The van der Waals surface area contributed by atoms with Gasteiger partial charge in [-0.3, -0.25) is 14.6 Å². The number of hydrogen-bond acceptors (Lipinski definition) is 5. The number of aryl methyl sites for hydroxylation is 1. The smallest absolute Gasteiger partial charge is 0.325 e. The van der Waals surface area contributed by atoms with Gasteiger partial charge in [-0.25, -0.2) is 0 Å². The standard InChI is InChI=1S/C15H18BrNO4/c1-4-20-14(18)11(15(19)21-5-2)9-17-13-8-10(3)6-7-12(13)16/h6-9,11H,4-5H2,1-3H3. The number of ether oxygens (including phenoxy) is 2. The molecule has 1 aromatic carbocycles. The van der Waals surface area contributed by atoms with Crippen molar-refractivity contribution in [1.82, 2.24) is 0 Å². The largest absolute Gasteiger partial charge is 0.465 e. The van der Waals surface area contributed by atoms with Crippen molar-refractivity contribution in [2.24, 2.45) is 10.9 Å². The number of carbonyl (C=O) groups excluding carboxylic acids is 2. The van der Waals surface area contributed by atoms with Gasteiger partial charge in [-0.15, -0.1) is 0 Å². The van der Waals surface area contributed by atoms with Gasteiger partial charge in [0, 0.05) is 10.7 Å². The third kappa shape index (κ3) is 5.30. The molecule has 0 atom stereocenters. The lowest BCUT2D eigenvalue weighted by Gasteiger charge is -2.10. The van der Waals surface area contributed by atoms with Crippen molar-refractivity contribution < 1.29 is 19.1 Å². The second-order valence-electron chi connectivity index (χ2n) is 4.21. The van der Waals surface area contributed by atoms with Crippen molar-refractivity contribution in [2.75, 3.05) is 13.2 Å². The average molecular weight is 356 g/mol. The lowest BCUT2D eigenvalue weighted by Crippen LogP contribution is -2.29. The minimum Gasteiger partial charge on any atom is -0.465 e. The maximum absolute atomic E-state index is 11.8. The Labute approximate surface area is 132 Å². The normalized spacial score (nSPS) is 10.9. The predicted molar refractivity (Wildman–Crippen MR) is 83.8 cm³/mol. The van der Waals surface area contributed by atoms with Gasteiger partial charge in [-0.05, 0) is 54.4 Å². The van der Waals surface area contributed by atoms with Crippen LogP contribution in [0, 0.1) is 12.8 Å². The van der Waals surface area contributed by atoms with Crippen LogP contribution in [0.3, 0.4) is 0 Å². The molecule has 5 nitrogen and oxygen atoms in total. The molecule has 21 heavy (non-hydrogen) atoms. The zero-order valence-corrected chi connectivity index (χ0v) is 13.8. The molecule has 0 unspecified atom stereocenters. The monoisotopic (exact) mass is 355 g/mol.